The van der Waals surface area contributed by atoms with Crippen LogP contribution in [0.4, 0.5) is 0 Å². The second kappa shape index (κ2) is 64.4. The van der Waals surface area contributed by atoms with E-state index in [2.05, 4.69) is 93.7 Å². The first-order valence-corrected chi connectivity index (χ1v) is 32.9. The number of allylic oxidation sites excluding steroid dienone is 12. The molecular formula is C70H124O6. The zero-order chi connectivity index (χ0) is 55.0. The predicted molar refractivity (Wildman–Crippen MR) is 330 cm³/mol. The summed E-state index contributed by atoms with van der Waals surface area (Å²) in [5.74, 6) is -0.898. The summed E-state index contributed by atoms with van der Waals surface area (Å²) in [7, 11) is 0. The van der Waals surface area contributed by atoms with Gasteiger partial charge in [0.05, 0.1) is 0 Å². The minimum absolute atomic E-state index is 0.0823. The van der Waals surface area contributed by atoms with Gasteiger partial charge in [0, 0.05) is 19.3 Å². The summed E-state index contributed by atoms with van der Waals surface area (Å²) in [5.41, 5.74) is 0. The maximum Gasteiger partial charge on any atom is 0.306 e. The van der Waals surface area contributed by atoms with Crippen LogP contribution in [0.2, 0.25) is 0 Å². The number of esters is 3. The first-order chi connectivity index (χ1) is 37.5. The van der Waals surface area contributed by atoms with Gasteiger partial charge in [0.1, 0.15) is 13.2 Å². The molecule has 0 spiro atoms. The van der Waals surface area contributed by atoms with Crippen molar-refractivity contribution in [1.82, 2.24) is 0 Å². The van der Waals surface area contributed by atoms with Gasteiger partial charge in [-0.05, 0) is 103 Å². The van der Waals surface area contributed by atoms with Crippen LogP contribution in [0.25, 0.3) is 0 Å². The molecule has 0 radical (unpaired) electrons. The summed E-state index contributed by atoms with van der Waals surface area (Å²) in [4.78, 5) is 38.1. The quantitative estimate of drug-likeness (QED) is 0.0261. The van der Waals surface area contributed by atoms with Crippen molar-refractivity contribution in [2.45, 2.75) is 341 Å². The van der Waals surface area contributed by atoms with Crippen LogP contribution < -0.4 is 0 Å². The Morgan fingerprint density at radius 2 is 0.539 bits per heavy atom. The van der Waals surface area contributed by atoms with Gasteiger partial charge in [0.25, 0.3) is 0 Å². The maximum absolute atomic E-state index is 12.8. The highest BCUT2D eigenvalue weighted by molar-refractivity contribution is 5.71. The minimum atomic E-state index is -0.786. The molecule has 0 heterocycles. The third-order valence-corrected chi connectivity index (χ3v) is 14.4. The smallest absolute Gasteiger partial charge is 0.306 e. The summed E-state index contributed by atoms with van der Waals surface area (Å²) in [6, 6.07) is 0. The van der Waals surface area contributed by atoms with E-state index in [1.54, 1.807) is 0 Å². The van der Waals surface area contributed by atoms with Crippen molar-refractivity contribution >= 4 is 17.9 Å². The lowest BCUT2D eigenvalue weighted by Gasteiger charge is -2.18. The molecule has 1 unspecified atom stereocenters. The zero-order valence-corrected chi connectivity index (χ0v) is 50.5. The number of unbranched alkanes of at least 4 members (excludes halogenated alkanes) is 37. The summed E-state index contributed by atoms with van der Waals surface area (Å²) in [6.45, 7) is 6.46. The van der Waals surface area contributed by atoms with Gasteiger partial charge < -0.3 is 14.2 Å². The Morgan fingerprint density at radius 1 is 0.276 bits per heavy atom. The summed E-state index contributed by atoms with van der Waals surface area (Å²) >= 11 is 0. The molecule has 0 aliphatic heterocycles. The Hall–Kier alpha value is -3.15. The number of hydrogen-bond acceptors (Lipinski definition) is 6. The van der Waals surface area contributed by atoms with Crippen LogP contribution in [0.3, 0.4) is 0 Å². The molecule has 0 amide bonds. The van der Waals surface area contributed by atoms with Crippen LogP contribution in [0.5, 0.6) is 0 Å². The number of ether oxygens (including phenoxy) is 3. The van der Waals surface area contributed by atoms with Crippen LogP contribution >= 0.6 is 0 Å². The topological polar surface area (TPSA) is 78.9 Å². The van der Waals surface area contributed by atoms with Gasteiger partial charge in [-0.2, -0.15) is 0 Å². The van der Waals surface area contributed by atoms with E-state index in [1.165, 1.54) is 180 Å². The van der Waals surface area contributed by atoms with Crippen molar-refractivity contribution in [3.05, 3.63) is 72.9 Å². The number of hydrogen-bond donors (Lipinski definition) is 0. The standard InChI is InChI=1S/C70H124O6/c1-4-7-10-13-16-19-22-24-26-27-28-29-30-31-32-33-34-35-36-37-38-39-40-41-42-43-45-46-48-51-54-57-60-63-69(72)75-66-67(65-74-68(71)62-59-56-53-50-21-18-15-12-9-6-3)76-70(73)64-61-58-55-52-49-47-44-25-23-20-17-14-11-8-5-2/h8,11-12,15,17,20,22,24-25,27-28,44,67H,4-7,9-10,13-14,16,18-19,21,23,26,29-43,45-66H2,1-3H3/b11-8-,15-12-,20-17-,24-22-,28-27-,44-25-. The van der Waals surface area contributed by atoms with E-state index in [9.17, 15) is 14.4 Å². The van der Waals surface area contributed by atoms with Gasteiger partial charge in [-0.25, -0.2) is 0 Å². The fraction of sp³-hybridized carbons (Fsp3) is 0.786. The van der Waals surface area contributed by atoms with Crippen molar-refractivity contribution in [2.75, 3.05) is 13.2 Å². The SMILES string of the molecule is CC/C=C\C/C=C\C/C=C\CCCCCCCC(=O)OC(COC(=O)CCCCCCC/C=C\CCC)COC(=O)CCCCCCCCCCCCCCCCCCCCCCC/C=C\C/C=C\CCCCCCC. The fourth-order valence-corrected chi connectivity index (χ4v) is 9.49. The third-order valence-electron chi connectivity index (χ3n) is 14.4. The molecule has 0 aromatic heterocycles. The molecule has 76 heavy (non-hydrogen) atoms. The van der Waals surface area contributed by atoms with E-state index in [-0.39, 0.29) is 31.1 Å². The van der Waals surface area contributed by atoms with Crippen molar-refractivity contribution < 1.29 is 28.6 Å². The van der Waals surface area contributed by atoms with E-state index < -0.39 is 6.10 Å². The molecule has 0 aromatic rings. The van der Waals surface area contributed by atoms with Crippen molar-refractivity contribution in [3.63, 3.8) is 0 Å². The molecule has 0 fully saturated rings. The van der Waals surface area contributed by atoms with E-state index in [4.69, 9.17) is 14.2 Å². The highest BCUT2D eigenvalue weighted by Gasteiger charge is 2.19. The summed E-state index contributed by atoms with van der Waals surface area (Å²) in [6.07, 6.45) is 83.8. The monoisotopic (exact) mass is 1060 g/mol. The molecule has 0 rings (SSSR count). The van der Waals surface area contributed by atoms with Gasteiger partial charge in [0.15, 0.2) is 6.10 Å². The van der Waals surface area contributed by atoms with Crippen LogP contribution in [0.15, 0.2) is 72.9 Å². The highest BCUT2D eigenvalue weighted by atomic mass is 16.6. The van der Waals surface area contributed by atoms with Crippen molar-refractivity contribution in [3.8, 4) is 0 Å². The molecule has 6 heteroatoms. The van der Waals surface area contributed by atoms with Crippen LogP contribution in [-0.4, -0.2) is 37.2 Å². The molecule has 1 atom stereocenters. The average Bonchev–Trinajstić information content (AvgIpc) is 3.42. The number of carbonyl (C=O) groups excluding carboxylic acids is 3. The van der Waals surface area contributed by atoms with E-state index in [0.29, 0.717) is 19.3 Å². The van der Waals surface area contributed by atoms with Gasteiger partial charge in [0.2, 0.25) is 0 Å². The normalized spacial score (nSPS) is 12.5. The Balaban J connectivity index is 4.06. The van der Waals surface area contributed by atoms with Gasteiger partial charge in [-0.1, -0.05) is 286 Å². The van der Waals surface area contributed by atoms with Crippen LogP contribution in [0, 0.1) is 0 Å². The second-order valence-corrected chi connectivity index (χ2v) is 22.0. The molecule has 6 nitrogen and oxygen atoms in total. The maximum atomic E-state index is 12.8. The minimum Gasteiger partial charge on any atom is -0.462 e. The fourth-order valence-electron chi connectivity index (χ4n) is 9.49. The largest absolute Gasteiger partial charge is 0.462 e. The Kier molecular flexibility index (Phi) is 61.7. The first kappa shape index (κ1) is 72.8. The lowest BCUT2D eigenvalue weighted by molar-refractivity contribution is -0.167. The Morgan fingerprint density at radius 3 is 0.868 bits per heavy atom. The summed E-state index contributed by atoms with van der Waals surface area (Å²) in [5, 5.41) is 0. The lowest BCUT2D eigenvalue weighted by atomic mass is 10.0. The molecule has 0 saturated carbocycles. The highest BCUT2D eigenvalue weighted by Crippen LogP contribution is 2.17. The zero-order valence-electron chi connectivity index (χ0n) is 50.5. The summed E-state index contributed by atoms with van der Waals surface area (Å²) < 4.78 is 16.9. The molecule has 0 aliphatic rings. The first-order valence-electron chi connectivity index (χ1n) is 32.9. The third kappa shape index (κ3) is 61.7. The Bertz CT molecular complexity index is 1400. The van der Waals surface area contributed by atoms with Gasteiger partial charge >= 0.3 is 17.9 Å². The Labute approximate surface area is 472 Å². The molecule has 0 saturated heterocycles. The van der Waals surface area contributed by atoms with E-state index in [0.717, 1.165) is 116 Å². The number of rotatable bonds is 60. The van der Waals surface area contributed by atoms with Gasteiger partial charge in [-0.15, -0.1) is 0 Å². The number of carbonyl (C=O) groups is 3. The van der Waals surface area contributed by atoms with E-state index >= 15 is 0 Å². The van der Waals surface area contributed by atoms with Gasteiger partial charge in [-0.3, -0.25) is 14.4 Å². The molecule has 0 N–H and O–H groups in total. The lowest BCUT2D eigenvalue weighted by Crippen LogP contribution is -2.30. The van der Waals surface area contributed by atoms with Crippen molar-refractivity contribution in [1.29, 1.82) is 0 Å². The second-order valence-electron chi connectivity index (χ2n) is 22.0. The molecule has 0 aromatic carbocycles. The van der Waals surface area contributed by atoms with Crippen LogP contribution in [-0.2, 0) is 28.6 Å². The van der Waals surface area contributed by atoms with Crippen molar-refractivity contribution in [2.24, 2.45) is 0 Å². The average molecular weight is 1060 g/mol. The van der Waals surface area contributed by atoms with Crippen LogP contribution in [0.1, 0.15) is 335 Å². The van der Waals surface area contributed by atoms with E-state index in [1.807, 2.05) is 0 Å². The molecule has 440 valence electrons. The molecule has 0 aliphatic carbocycles. The molecule has 0 bridgehead atoms. The predicted octanol–water partition coefficient (Wildman–Crippen LogP) is 22.5. The molecular weight excluding hydrogens is 937 g/mol.